The van der Waals surface area contributed by atoms with E-state index in [4.69, 9.17) is 0 Å². The van der Waals surface area contributed by atoms with Crippen LogP contribution in [0.1, 0.15) is 24.8 Å². The average molecular weight is 431 g/mol. The summed E-state index contributed by atoms with van der Waals surface area (Å²) in [6, 6.07) is 9.84. The van der Waals surface area contributed by atoms with E-state index in [1.165, 1.54) is 12.1 Å². The third-order valence-corrected chi connectivity index (χ3v) is 7.09. The van der Waals surface area contributed by atoms with Crippen LogP contribution in [0.2, 0.25) is 0 Å². The highest BCUT2D eigenvalue weighted by Gasteiger charge is 2.35. The number of hydrogen-bond donors (Lipinski definition) is 5. The van der Waals surface area contributed by atoms with Crippen LogP contribution in [0.5, 0.6) is 0 Å². The van der Waals surface area contributed by atoms with Crippen molar-refractivity contribution in [1.29, 1.82) is 0 Å². The minimum absolute atomic E-state index is 0.0611. The summed E-state index contributed by atoms with van der Waals surface area (Å²) in [6.07, 6.45) is 5.93. The van der Waals surface area contributed by atoms with Crippen molar-refractivity contribution in [2.75, 3.05) is 11.9 Å². The van der Waals surface area contributed by atoms with Gasteiger partial charge in [-0.15, -0.1) is 0 Å². The molecule has 2 fully saturated rings. The number of sulfonamides is 1. The molecule has 10 heteroatoms. The Morgan fingerprint density at radius 3 is 2.77 bits per heavy atom. The van der Waals surface area contributed by atoms with Crippen LogP contribution in [0.4, 0.5) is 10.5 Å². The molecule has 9 nitrogen and oxygen atoms in total. The van der Waals surface area contributed by atoms with Gasteiger partial charge in [-0.25, -0.2) is 17.9 Å². The van der Waals surface area contributed by atoms with Gasteiger partial charge in [-0.05, 0) is 61.1 Å². The summed E-state index contributed by atoms with van der Waals surface area (Å²) in [5.74, 6) is 0.447. The number of rotatable bonds is 6. The maximum atomic E-state index is 12.7. The Hall–Kier alpha value is -2.53. The van der Waals surface area contributed by atoms with Gasteiger partial charge in [-0.1, -0.05) is 6.07 Å². The predicted molar refractivity (Wildman–Crippen MR) is 113 cm³/mol. The fourth-order valence-electron chi connectivity index (χ4n) is 3.97. The second-order valence-electron chi connectivity index (χ2n) is 7.72. The molecule has 0 bridgehead atoms. The number of anilines is 1. The minimum Gasteiger partial charge on any atom is -0.334 e. The van der Waals surface area contributed by atoms with Gasteiger partial charge < -0.3 is 10.6 Å². The molecule has 2 aliphatic rings. The molecule has 0 radical (unpaired) electrons. The van der Waals surface area contributed by atoms with E-state index in [0.717, 1.165) is 31.4 Å². The summed E-state index contributed by atoms with van der Waals surface area (Å²) in [7, 11) is -3.61. The number of nitrogens with zero attached hydrogens (tertiary/aromatic N) is 1. The van der Waals surface area contributed by atoms with Crippen LogP contribution in [-0.4, -0.2) is 38.1 Å². The van der Waals surface area contributed by atoms with Crippen molar-refractivity contribution in [2.45, 2.75) is 42.8 Å². The van der Waals surface area contributed by atoms with E-state index >= 15 is 0 Å². The van der Waals surface area contributed by atoms with Gasteiger partial charge >= 0.3 is 6.03 Å². The fraction of sp³-hybridized carbons (Fsp3) is 0.400. The number of urea groups is 1. The maximum Gasteiger partial charge on any atom is 0.319 e. The van der Waals surface area contributed by atoms with Crippen LogP contribution in [0.15, 0.2) is 53.7 Å². The lowest BCUT2D eigenvalue weighted by Crippen LogP contribution is -2.43. The number of fused-ring (bicyclic) bond motifs is 1. The molecule has 5 N–H and O–H groups in total. The van der Waals surface area contributed by atoms with E-state index in [1.54, 1.807) is 30.6 Å². The highest BCUT2D eigenvalue weighted by Crippen LogP contribution is 2.27. The van der Waals surface area contributed by atoms with Gasteiger partial charge in [-0.2, -0.15) is 0 Å². The molecule has 1 saturated carbocycles. The van der Waals surface area contributed by atoms with Crippen molar-refractivity contribution >= 4 is 21.7 Å². The lowest BCUT2D eigenvalue weighted by molar-refractivity contribution is 0.251. The fourth-order valence-corrected chi connectivity index (χ4v) is 5.26. The summed E-state index contributed by atoms with van der Waals surface area (Å²) in [4.78, 5) is 16.2. The monoisotopic (exact) mass is 430 g/mol. The molecule has 1 aromatic carbocycles. The van der Waals surface area contributed by atoms with E-state index in [-0.39, 0.29) is 17.0 Å². The summed E-state index contributed by atoms with van der Waals surface area (Å²) in [5.41, 5.74) is 7.80. The second kappa shape index (κ2) is 9.09. The largest absolute Gasteiger partial charge is 0.334 e. The summed E-state index contributed by atoms with van der Waals surface area (Å²) in [6.45, 7) is 1.22. The number of nitrogens with one attached hydrogen (secondary N) is 5. The number of carbonyl (C=O) groups excluding carboxylic acids is 1. The highest BCUT2D eigenvalue weighted by atomic mass is 32.2. The van der Waals surface area contributed by atoms with Crippen LogP contribution in [0.3, 0.4) is 0 Å². The number of benzene rings is 1. The average Bonchev–Trinajstić information content (AvgIpc) is 3.21. The van der Waals surface area contributed by atoms with E-state index in [9.17, 15) is 13.2 Å². The zero-order valence-corrected chi connectivity index (χ0v) is 17.3. The Balaban J connectivity index is 1.30. The predicted octanol–water partition coefficient (Wildman–Crippen LogP) is 1.33. The number of hydrogen-bond acceptors (Lipinski definition) is 6. The van der Waals surface area contributed by atoms with Crippen molar-refractivity contribution < 1.29 is 13.2 Å². The van der Waals surface area contributed by atoms with E-state index in [0.29, 0.717) is 24.2 Å². The van der Waals surface area contributed by atoms with Gasteiger partial charge in [0, 0.05) is 43.3 Å². The Morgan fingerprint density at radius 2 is 2.00 bits per heavy atom. The molecule has 1 saturated heterocycles. The summed E-state index contributed by atoms with van der Waals surface area (Å²) >= 11 is 0. The third kappa shape index (κ3) is 5.14. The quantitative estimate of drug-likeness (QED) is 0.471. The molecule has 2 aromatic rings. The standard InChI is InChI=1S/C20H26N6O3S/c27-20(22-12-14-2-1-9-21-11-14)24-16-3-6-18(7-4-16)30(28,29)26-17-5-8-19-15(10-17)13-23-25-19/h1-4,6-7,9,11,15,17,19,23,25-26H,5,8,10,12-13H2,(H2,22,24,27). The maximum absolute atomic E-state index is 12.7. The molecule has 0 spiro atoms. The summed E-state index contributed by atoms with van der Waals surface area (Å²) < 4.78 is 28.3. The van der Waals surface area contributed by atoms with Crippen LogP contribution in [0.25, 0.3) is 0 Å². The molecule has 1 aliphatic carbocycles. The van der Waals surface area contributed by atoms with Gasteiger partial charge in [0.2, 0.25) is 10.0 Å². The molecule has 160 valence electrons. The molecular formula is C20H26N6O3S. The first-order valence-corrected chi connectivity index (χ1v) is 11.5. The number of pyridine rings is 1. The Labute approximate surface area is 176 Å². The first-order valence-electron chi connectivity index (χ1n) is 10.0. The second-order valence-corrected chi connectivity index (χ2v) is 9.43. The molecule has 2 amide bonds. The molecule has 2 heterocycles. The van der Waals surface area contributed by atoms with Gasteiger partial charge in [0.05, 0.1) is 4.90 Å². The molecule has 3 unspecified atom stereocenters. The van der Waals surface area contributed by atoms with Gasteiger partial charge in [0.15, 0.2) is 0 Å². The Morgan fingerprint density at radius 1 is 1.17 bits per heavy atom. The van der Waals surface area contributed by atoms with Crippen LogP contribution in [0, 0.1) is 5.92 Å². The third-order valence-electron chi connectivity index (χ3n) is 5.55. The van der Waals surface area contributed by atoms with E-state index in [1.807, 2.05) is 6.07 Å². The molecular weight excluding hydrogens is 404 g/mol. The number of aromatic nitrogens is 1. The van der Waals surface area contributed by atoms with Crippen molar-refractivity contribution in [2.24, 2.45) is 5.92 Å². The zero-order chi connectivity index (χ0) is 21.0. The van der Waals surface area contributed by atoms with Crippen LogP contribution in [-0.2, 0) is 16.6 Å². The van der Waals surface area contributed by atoms with Crippen LogP contribution < -0.4 is 26.2 Å². The Bertz CT molecular complexity index is 968. The molecule has 4 rings (SSSR count). The normalized spacial score (nSPS) is 23.5. The summed E-state index contributed by atoms with van der Waals surface area (Å²) in [5, 5.41) is 5.43. The lowest BCUT2D eigenvalue weighted by Gasteiger charge is -2.31. The SMILES string of the molecule is O=C(NCc1cccnc1)Nc1ccc(S(=O)(=O)NC2CCC3NNCC3C2)cc1. The smallest absolute Gasteiger partial charge is 0.319 e. The van der Waals surface area contributed by atoms with Crippen molar-refractivity contribution in [1.82, 2.24) is 25.9 Å². The van der Waals surface area contributed by atoms with Gasteiger partial charge in [-0.3, -0.25) is 15.8 Å². The van der Waals surface area contributed by atoms with Crippen molar-refractivity contribution in [3.8, 4) is 0 Å². The molecule has 1 aliphatic heterocycles. The van der Waals surface area contributed by atoms with Crippen LogP contribution >= 0.6 is 0 Å². The van der Waals surface area contributed by atoms with E-state index < -0.39 is 10.0 Å². The van der Waals surface area contributed by atoms with E-state index in [2.05, 4.69) is 31.2 Å². The highest BCUT2D eigenvalue weighted by molar-refractivity contribution is 7.89. The lowest BCUT2D eigenvalue weighted by atomic mass is 9.83. The molecule has 3 atom stereocenters. The number of amides is 2. The molecule has 1 aromatic heterocycles. The number of carbonyl (C=O) groups is 1. The Kier molecular flexibility index (Phi) is 6.28. The first-order chi connectivity index (χ1) is 14.5. The van der Waals surface area contributed by atoms with Gasteiger partial charge in [0.25, 0.3) is 0 Å². The topological polar surface area (TPSA) is 124 Å². The zero-order valence-electron chi connectivity index (χ0n) is 16.5. The van der Waals surface area contributed by atoms with Crippen molar-refractivity contribution in [3.63, 3.8) is 0 Å². The minimum atomic E-state index is -3.61. The first kappa shape index (κ1) is 20.7. The number of hydrazine groups is 1. The van der Waals surface area contributed by atoms with Crippen molar-refractivity contribution in [3.05, 3.63) is 54.4 Å². The molecule has 30 heavy (non-hydrogen) atoms. The van der Waals surface area contributed by atoms with Gasteiger partial charge in [0.1, 0.15) is 0 Å².